The van der Waals surface area contributed by atoms with Crippen molar-refractivity contribution in [3.05, 3.63) is 66.6 Å². The van der Waals surface area contributed by atoms with Crippen molar-refractivity contribution in [2.24, 2.45) is 0 Å². The van der Waals surface area contributed by atoms with Crippen molar-refractivity contribution in [3.8, 4) is 0 Å². The summed E-state index contributed by atoms with van der Waals surface area (Å²) in [5.74, 6) is 1.32. The standard InChI is InChI=1S/C18H17NO2S/c1-19(12-16-7-4-10-21-16)18(20)13-22-17-9-8-14-5-2-3-6-15(14)11-17/h2-11H,12-13H2,1H3. The molecule has 112 valence electrons. The maximum Gasteiger partial charge on any atom is 0.233 e. The molecule has 0 N–H and O–H groups in total. The van der Waals surface area contributed by atoms with Crippen molar-refractivity contribution < 1.29 is 9.21 Å². The summed E-state index contributed by atoms with van der Waals surface area (Å²) in [6.45, 7) is 0.504. The van der Waals surface area contributed by atoms with E-state index in [1.54, 1.807) is 30.0 Å². The number of hydrogen-bond donors (Lipinski definition) is 0. The molecule has 0 saturated carbocycles. The quantitative estimate of drug-likeness (QED) is 0.663. The molecule has 3 rings (SSSR count). The lowest BCUT2D eigenvalue weighted by Crippen LogP contribution is -2.27. The Hall–Kier alpha value is -2.20. The zero-order valence-electron chi connectivity index (χ0n) is 12.4. The zero-order chi connectivity index (χ0) is 15.4. The lowest BCUT2D eigenvalue weighted by atomic mass is 10.1. The number of fused-ring (bicyclic) bond motifs is 1. The molecule has 0 saturated heterocycles. The van der Waals surface area contributed by atoms with Crippen molar-refractivity contribution in [3.63, 3.8) is 0 Å². The minimum Gasteiger partial charge on any atom is -0.467 e. The van der Waals surface area contributed by atoms with Gasteiger partial charge in [0.15, 0.2) is 0 Å². The fraction of sp³-hybridized carbons (Fsp3) is 0.167. The molecule has 4 heteroatoms. The summed E-state index contributed by atoms with van der Waals surface area (Å²) in [5.41, 5.74) is 0. The van der Waals surface area contributed by atoms with Crippen LogP contribution in [0, 0.1) is 0 Å². The van der Waals surface area contributed by atoms with Crippen LogP contribution in [0.1, 0.15) is 5.76 Å². The van der Waals surface area contributed by atoms with E-state index < -0.39 is 0 Å². The molecule has 2 aromatic carbocycles. The maximum atomic E-state index is 12.2. The molecular weight excluding hydrogens is 294 g/mol. The average Bonchev–Trinajstić information content (AvgIpc) is 3.05. The number of carbonyl (C=O) groups excluding carboxylic acids is 1. The Labute approximate surface area is 133 Å². The van der Waals surface area contributed by atoms with E-state index in [2.05, 4.69) is 30.3 Å². The molecule has 3 nitrogen and oxygen atoms in total. The van der Waals surface area contributed by atoms with Crippen molar-refractivity contribution in [1.29, 1.82) is 0 Å². The van der Waals surface area contributed by atoms with Crippen LogP contribution in [0.2, 0.25) is 0 Å². The maximum absolute atomic E-state index is 12.2. The Morgan fingerprint density at radius 2 is 1.91 bits per heavy atom. The Kier molecular flexibility index (Phi) is 4.49. The number of furan rings is 1. The van der Waals surface area contributed by atoms with Crippen LogP contribution in [-0.4, -0.2) is 23.6 Å². The average molecular weight is 311 g/mol. The Bertz CT molecular complexity index is 768. The van der Waals surface area contributed by atoms with Crippen LogP contribution < -0.4 is 0 Å². The highest BCUT2D eigenvalue weighted by Gasteiger charge is 2.11. The molecule has 0 fully saturated rings. The van der Waals surface area contributed by atoms with Gasteiger partial charge in [-0.25, -0.2) is 0 Å². The second-order valence-corrected chi connectivity index (χ2v) is 6.18. The SMILES string of the molecule is CN(Cc1ccco1)C(=O)CSc1ccc2ccccc2c1. The van der Waals surface area contributed by atoms with E-state index in [0.717, 1.165) is 10.7 Å². The number of nitrogens with zero attached hydrogens (tertiary/aromatic N) is 1. The number of amides is 1. The molecule has 0 unspecified atom stereocenters. The van der Waals surface area contributed by atoms with E-state index >= 15 is 0 Å². The molecule has 1 heterocycles. The first-order valence-corrected chi connectivity index (χ1v) is 8.09. The third kappa shape index (κ3) is 3.52. The van der Waals surface area contributed by atoms with Gasteiger partial charge in [0.1, 0.15) is 5.76 Å². The lowest BCUT2D eigenvalue weighted by Gasteiger charge is -2.15. The lowest BCUT2D eigenvalue weighted by molar-refractivity contribution is -0.127. The number of thioether (sulfide) groups is 1. The fourth-order valence-electron chi connectivity index (χ4n) is 2.24. The predicted octanol–water partition coefficient (Wildman–Crippen LogP) is 4.18. The molecule has 0 radical (unpaired) electrons. The van der Waals surface area contributed by atoms with Gasteiger partial charge in [0, 0.05) is 11.9 Å². The third-order valence-corrected chi connectivity index (χ3v) is 4.46. The largest absolute Gasteiger partial charge is 0.467 e. The van der Waals surface area contributed by atoms with Gasteiger partial charge < -0.3 is 9.32 Å². The molecule has 22 heavy (non-hydrogen) atoms. The molecule has 0 aliphatic carbocycles. The monoisotopic (exact) mass is 311 g/mol. The minimum atomic E-state index is 0.0922. The predicted molar refractivity (Wildman–Crippen MR) is 89.9 cm³/mol. The van der Waals surface area contributed by atoms with Crippen LogP contribution in [0.4, 0.5) is 0 Å². The van der Waals surface area contributed by atoms with E-state index in [1.807, 2.05) is 24.3 Å². The number of rotatable bonds is 5. The van der Waals surface area contributed by atoms with Crippen LogP contribution in [0.3, 0.4) is 0 Å². The van der Waals surface area contributed by atoms with Crippen molar-refractivity contribution in [1.82, 2.24) is 4.90 Å². The smallest absolute Gasteiger partial charge is 0.233 e. The van der Waals surface area contributed by atoms with Gasteiger partial charge in [0.05, 0.1) is 18.6 Å². The first kappa shape index (κ1) is 14.7. The highest BCUT2D eigenvalue weighted by Crippen LogP contribution is 2.23. The van der Waals surface area contributed by atoms with E-state index in [0.29, 0.717) is 12.3 Å². The van der Waals surface area contributed by atoms with Crippen LogP contribution in [0.5, 0.6) is 0 Å². The molecule has 0 bridgehead atoms. The van der Waals surface area contributed by atoms with Gasteiger partial charge in [0.2, 0.25) is 5.91 Å². The second kappa shape index (κ2) is 6.71. The summed E-state index contributed by atoms with van der Waals surface area (Å²) in [4.78, 5) is 15.0. The summed E-state index contributed by atoms with van der Waals surface area (Å²) in [6, 6.07) is 18.2. The minimum absolute atomic E-state index is 0.0922. The second-order valence-electron chi connectivity index (χ2n) is 5.13. The Balaban J connectivity index is 1.59. The van der Waals surface area contributed by atoms with E-state index in [-0.39, 0.29) is 5.91 Å². The summed E-state index contributed by atoms with van der Waals surface area (Å²) in [7, 11) is 1.80. The zero-order valence-corrected chi connectivity index (χ0v) is 13.2. The summed E-state index contributed by atoms with van der Waals surface area (Å²) in [5, 5.41) is 2.41. The first-order valence-electron chi connectivity index (χ1n) is 7.10. The topological polar surface area (TPSA) is 33.5 Å². The molecule has 1 amide bonds. The molecular formula is C18H17NO2S. The van der Waals surface area contributed by atoms with Crippen molar-refractivity contribution in [2.45, 2.75) is 11.4 Å². The summed E-state index contributed by atoms with van der Waals surface area (Å²) in [6.07, 6.45) is 1.62. The Morgan fingerprint density at radius 1 is 1.09 bits per heavy atom. The summed E-state index contributed by atoms with van der Waals surface area (Å²) < 4.78 is 5.26. The van der Waals surface area contributed by atoms with Gasteiger partial charge in [-0.3, -0.25) is 4.79 Å². The van der Waals surface area contributed by atoms with E-state index in [4.69, 9.17) is 4.42 Å². The van der Waals surface area contributed by atoms with Gasteiger partial charge in [-0.15, -0.1) is 11.8 Å². The molecule has 0 aliphatic rings. The third-order valence-electron chi connectivity index (χ3n) is 3.48. The summed E-state index contributed by atoms with van der Waals surface area (Å²) >= 11 is 1.56. The molecule has 1 aromatic heterocycles. The number of hydrogen-bond acceptors (Lipinski definition) is 3. The molecule has 0 spiro atoms. The van der Waals surface area contributed by atoms with E-state index in [9.17, 15) is 4.79 Å². The highest BCUT2D eigenvalue weighted by molar-refractivity contribution is 8.00. The highest BCUT2D eigenvalue weighted by atomic mass is 32.2. The molecule has 3 aromatic rings. The van der Waals surface area contributed by atoms with Crippen LogP contribution >= 0.6 is 11.8 Å². The Morgan fingerprint density at radius 3 is 2.68 bits per heavy atom. The van der Waals surface area contributed by atoms with E-state index in [1.165, 1.54) is 10.8 Å². The number of benzene rings is 2. The number of carbonyl (C=O) groups is 1. The van der Waals surface area contributed by atoms with Gasteiger partial charge in [-0.05, 0) is 35.0 Å². The van der Waals surface area contributed by atoms with Crippen molar-refractivity contribution in [2.75, 3.05) is 12.8 Å². The molecule has 0 aliphatic heterocycles. The van der Waals surface area contributed by atoms with Gasteiger partial charge in [-0.2, -0.15) is 0 Å². The van der Waals surface area contributed by atoms with Gasteiger partial charge in [0.25, 0.3) is 0 Å². The van der Waals surface area contributed by atoms with Crippen LogP contribution in [-0.2, 0) is 11.3 Å². The normalized spacial score (nSPS) is 10.8. The first-order chi connectivity index (χ1) is 10.7. The van der Waals surface area contributed by atoms with Gasteiger partial charge >= 0.3 is 0 Å². The fourth-order valence-corrected chi connectivity index (χ4v) is 3.12. The van der Waals surface area contributed by atoms with Crippen LogP contribution in [0.25, 0.3) is 10.8 Å². The van der Waals surface area contributed by atoms with Crippen LogP contribution in [0.15, 0.2) is 70.2 Å². The molecule has 0 atom stereocenters. The van der Waals surface area contributed by atoms with Crippen molar-refractivity contribution >= 4 is 28.4 Å². The van der Waals surface area contributed by atoms with Gasteiger partial charge in [-0.1, -0.05) is 30.3 Å².